The third kappa shape index (κ3) is 1.49. The van der Waals surface area contributed by atoms with E-state index in [4.69, 9.17) is 0 Å². The molecule has 0 aliphatic heterocycles. The Hall–Kier alpha value is -1.90. The molecule has 0 aliphatic rings. The number of nitrogens with zero attached hydrogens (tertiary/aromatic N) is 2. The molecule has 63 valence electrons. The van der Waals surface area contributed by atoms with E-state index >= 15 is 0 Å². The van der Waals surface area contributed by atoms with E-state index in [2.05, 4.69) is 11.1 Å². The van der Waals surface area contributed by atoms with Gasteiger partial charge in [0.2, 0.25) is 5.69 Å². The van der Waals surface area contributed by atoms with Crippen molar-refractivity contribution in [3.63, 3.8) is 0 Å². The predicted molar refractivity (Wildman–Crippen MR) is 47.5 cm³/mol. The second kappa shape index (κ2) is 3.23. The van der Waals surface area contributed by atoms with Gasteiger partial charge in [0.15, 0.2) is 6.20 Å². The highest BCUT2D eigenvalue weighted by molar-refractivity contribution is 5.53. The molecule has 0 saturated heterocycles. The normalized spacial score (nSPS) is 9.85. The summed E-state index contributed by atoms with van der Waals surface area (Å²) in [5.41, 5.74) is 1.27. The van der Waals surface area contributed by atoms with Crippen LogP contribution in [0.1, 0.15) is 0 Å². The maximum Gasteiger partial charge on any atom is 0.233 e. The lowest BCUT2D eigenvalue weighted by atomic mass is 10.2. The van der Waals surface area contributed by atoms with Gasteiger partial charge in [-0.05, 0) is 18.2 Å². The minimum atomic E-state index is 0.496. The molecule has 0 saturated carbocycles. The van der Waals surface area contributed by atoms with Gasteiger partial charge in [-0.1, -0.05) is 0 Å². The molecule has 0 aliphatic carbocycles. The van der Waals surface area contributed by atoms with Crippen molar-refractivity contribution >= 4 is 0 Å². The van der Waals surface area contributed by atoms with Crippen LogP contribution < -0.4 is 4.73 Å². The van der Waals surface area contributed by atoms with Crippen LogP contribution in [0.25, 0.3) is 11.3 Å². The lowest BCUT2D eigenvalue weighted by Crippen LogP contribution is -2.28. The Bertz CT molecular complexity index is 401. The van der Waals surface area contributed by atoms with Gasteiger partial charge in [0.05, 0.1) is 11.6 Å². The molecule has 2 aromatic rings. The third-order valence-corrected chi connectivity index (χ3v) is 1.69. The number of pyridine rings is 2. The van der Waals surface area contributed by atoms with Crippen LogP contribution in [0.2, 0.25) is 0 Å². The van der Waals surface area contributed by atoms with Crippen LogP contribution in [0.15, 0.2) is 42.9 Å². The molecule has 2 aromatic heterocycles. The largest absolute Gasteiger partial charge is 0.618 e. The van der Waals surface area contributed by atoms with Gasteiger partial charge in [-0.25, -0.2) is 0 Å². The zero-order valence-corrected chi connectivity index (χ0v) is 6.84. The minimum absolute atomic E-state index is 0.496. The molecule has 13 heavy (non-hydrogen) atoms. The molecule has 0 bridgehead atoms. The molecule has 3 nitrogen and oxygen atoms in total. The maximum atomic E-state index is 11.3. The van der Waals surface area contributed by atoms with Gasteiger partial charge in [-0.2, -0.15) is 4.73 Å². The second-order valence-electron chi connectivity index (χ2n) is 2.57. The van der Waals surface area contributed by atoms with Gasteiger partial charge < -0.3 is 5.21 Å². The van der Waals surface area contributed by atoms with E-state index in [0.717, 1.165) is 10.3 Å². The van der Waals surface area contributed by atoms with Crippen molar-refractivity contribution in [2.75, 3.05) is 0 Å². The average Bonchev–Trinajstić information content (AvgIpc) is 2.20. The van der Waals surface area contributed by atoms with Crippen LogP contribution >= 0.6 is 0 Å². The summed E-state index contributed by atoms with van der Waals surface area (Å²) in [6.45, 7) is 0. The molecule has 1 radical (unpaired) electrons. The lowest BCUT2D eigenvalue weighted by Gasteiger charge is -2.01. The minimum Gasteiger partial charge on any atom is -0.618 e. The summed E-state index contributed by atoms with van der Waals surface area (Å²) < 4.78 is 0.775. The van der Waals surface area contributed by atoms with Crippen LogP contribution in [0.4, 0.5) is 0 Å². The Balaban J connectivity index is 2.54. The summed E-state index contributed by atoms with van der Waals surface area (Å²) in [5.74, 6) is 0. The average molecular weight is 171 g/mol. The number of hydrogen-bond acceptors (Lipinski definition) is 2. The summed E-state index contributed by atoms with van der Waals surface area (Å²) in [7, 11) is 0. The smallest absolute Gasteiger partial charge is 0.233 e. The fourth-order valence-electron chi connectivity index (χ4n) is 1.10. The van der Waals surface area contributed by atoms with E-state index in [9.17, 15) is 5.21 Å². The van der Waals surface area contributed by atoms with Crippen molar-refractivity contribution in [2.24, 2.45) is 0 Å². The summed E-state index contributed by atoms with van der Waals surface area (Å²) in [6, 6.07) is 9.83. The first-order valence-corrected chi connectivity index (χ1v) is 3.88. The van der Waals surface area contributed by atoms with Crippen molar-refractivity contribution in [1.82, 2.24) is 4.98 Å². The topological polar surface area (TPSA) is 39.8 Å². The number of aromatic nitrogens is 2. The SMILES string of the molecule is [O-][n+]1ccc[c]c1-c1cccnc1. The van der Waals surface area contributed by atoms with E-state index in [1.165, 1.54) is 6.20 Å². The van der Waals surface area contributed by atoms with Gasteiger partial charge in [0.25, 0.3) is 0 Å². The summed E-state index contributed by atoms with van der Waals surface area (Å²) in [6.07, 6.45) is 4.75. The molecular weight excluding hydrogens is 164 g/mol. The van der Waals surface area contributed by atoms with Gasteiger partial charge in [-0.3, -0.25) is 4.98 Å². The zero-order valence-electron chi connectivity index (χ0n) is 6.84. The third-order valence-electron chi connectivity index (χ3n) is 1.69. The van der Waals surface area contributed by atoms with Gasteiger partial charge in [0.1, 0.15) is 0 Å². The van der Waals surface area contributed by atoms with Crippen LogP contribution in [-0.4, -0.2) is 4.98 Å². The zero-order chi connectivity index (χ0) is 9.10. The Kier molecular flexibility index (Phi) is 1.92. The highest BCUT2D eigenvalue weighted by atomic mass is 16.5. The highest BCUT2D eigenvalue weighted by Gasteiger charge is 2.05. The van der Waals surface area contributed by atoms with Crippen LogP contribution in [0.5, 0.6) is 0 Å². The Morgan fingerprint density at radius 1 is 1.38 bits per heavy atom. The quantitative estimate of drug-likeness (QED) is 0.477. The lowest BCUT2D eigenvalue weighted by molar-refractivity contribution is -0.593. The summed E-state index contributed by atoms with van der Waals surface area (Å²) >= 11 is 0. The fraction of sp³-hybridized carbons (Fsp3) is 0. The molecule has 0 fully saturated rings. The van der Waals surface area contributed by atoms with Crippen LogP contribution in [-0.2, 0) is 0 Å². The van der Waals surface area contributed by atoms with Crippen molar-refractivity contribution in [1.29, 1.82) is 0 Å². The van der Waals surface area contributed by atoms with E-state index in [-0.39, 0.29) is 0 Å². The number of hydrogen-bond donors (Lipinski definition) is 0. The predicted octanol–water partition coefficient (Wildman–Crippen LogP) is 1.18. The van der Waals surface area contributed by atoms with Crippen LogP contribution in [0, 0.1) is 11.3 Å². The van der Waals surface area contributed by atoms with E-state index in [0.29, 0.717) is 5.69 Å². The number of rotatable bonds is 1. The summed E-state index contributed by atoms with van der Waals surface area (Å²) in [4.78, 5) is 3.93. The first kappa shape index (κ1) is 7.73. The first-order chi connectivity index (χ1) is 6.38. The van der Waals surface area contributed by atoms with Gasteiger partial charge >= 0.3 is 0 Å². The Labute approximate surface area is 75.9 Å². The summed E-state index contributed by atoms with van der Waals surface area (Å²) in [5, 5.41) is 11.3. The second-order valence-corrected chi connectivity index (χ2v) is 2.57. The standard InChI is InChI=1S/C10H7N2O/c13-12-7-2-1-5-10(12)9-4-3-6-11-8-9/h1-4,6-8H. The molecule has 0 aromatic carbocycles. The van der Waals surface area contributed by atoms with E-state index < -0.39 is 0 Å². The van der Waals surface area contributed by atoms with Gasteiger partial charge in [0, 0.05) is 18.5 Å². The van der Waals surface area contributed by atoms with Crippen molar-refractivity contribution in [3.05, 3.63) is 54.1 Å². The Morgan fingerprint density at radius 2 is 2.31 bits per heavy atom. The molecule has 0 spiro atoms. The molecule has 0 unspecified atom stereocenters. The molecule has 2 rings (SSSR count). The van der Waals surface area contributed by atoms with Crippen molar-refractivity contribution in [3.8, 4) is 11.3 Å². The monoisotopic (exact) mass is 171 g/mol. The van der Waals surface area contributed by atoms with Crippen molar-refractivity contribution in [2.45, 2.75) is 0 Å². The fourth-order valence-corrected chi connectivity index (χ4v) is 1.10. The highest BCUT2D eigenvalue weighted by Crippen LogP contribution is 2.10. The Morgan fingerprint density at radius 3 is 3.00 bits per heavy atom. The molecule has 0 atom stereocenters. The molecule has 2 heterocycles. The van der Waals surface area contributed by atoms with Crippen molar-refractivity contribution < 1.29 is 4.73 Å². The first-order valence-electron chi connectivity index (χ1n) is 3.88. The molecule has 3 heteroatoms. The van der Waals surface area contributed by atoms with E-state index in [1.54, 1.807) is 30.6 Å². The van der Waals surface area contributed by atoms with Gasteiger partial charge in [-0.15, -0.1) is 0 Å². The van der Waals surface area contributed by atoms with E-state index in [1.807, 2.05) is 6.07 Å². The molecule has 0 amide bonds. The molecular formula is C10H7N2O. The molecule has 0 N–H and O–H groups in total. The maximum absolute atomic E-state index is 11.3. The van der Waals surface area contributed by atoms with Crippen LogP contribution in [0.3, 0.4) is 0 Å².